The van der Waals surface area contributed by atoms with E-state index in [1.165, 1.54) is 29.6 Å². The van der Waals surface area contributed by atoms with Gasteiger partial charge in [-0.15, -0.1) is 0 Å². The number of carbonyl (C=O) groups is 1. The van der Waals surface area contributed by atoms with Crippen LogP contribution in [-0.4, -0.2) is 50.5 Å². The van der Waals surface area contributed by atoms with Crippen molar-refractivity contribution in [2.75, 3.05) is 26.9 Å². The number of sulfonamides is 1. The number of rotatable bonds is 5. The topological polar surface area (TPSA) is 93.1 Å². The van der Waals surface area contributed by atoms with Crippen molar-refractivity contribution in [2.45, 2.75) is 11.4 Å². The molecule has 7 nitrogen and oxygen atoms in total. The van der Waals surface area contributed by atoms with Gasteiger partial charge in [-0.05, 0) is 30.3 Å². The minimum atomic E-state index is -3.69. The molecular formula is C18H19NO6S. The van der Waals surface area contributed by atoms with Gasteiger partial charge in [0.05, 0.1) is 12.0 Å². The number of hydrogen-bond donors (Lipinski definition) is 1. The van der Waals surface area contributed by atoms with Crippen molar-refractivity contribution in [1.82, 2.24) is 4.31 Å². The van der Waals surface area contributed by atoms with Crippen molar-refractivity contribution < 1.29 is 27.8 Å². The summed E-state index contributed by atoms with van der Waals surface area (Å²) in [6, 6.07) is 11.0. The lowest BCUT2D eigenvalue weighted by Gasteiger charge is -2.19. The molecule has 0 saturated heterocycles. The van der Waals surface area contributed by atoms with Gasteiger partial charge in [0.15, 0.2) is 5.78 Å². The van der Waals surface area contributed by atoms with Crippen molar-refractivity contribution in [3.8, 4) is 11.5 Å². The summed E-state index contributed by atoms with van der Waals surface area (Å²) in [5.41, 5.74) is 0.992. The van der Waals surface area contributed by atoms with Crippen LogP contribution in [0.5, 0.6) is 11.5 Å². The molecule has 1 aliphatic rings. The molecule has 0 saturated carbocycles. The second kappa shape index (κ2) is 7.45. The molecule has 8 heteroatoms. The fourth-order valence-electron chi connectivity index (χ4n) is 2.71. The molecule has 0 radical (unpaired) electrons. The highest BCUT2D eigenvalue weighted by Gasteiger charge is 2.28. The summed E-state index contributed by atoms with van der Waals surface area (Å²) in [4.78, 5) is 11.8. The second-order valence-electron chi connectivity index (χ2n) is 5.77. The third-order valence-corrected chi connectivity index (χ3v) is 6.03. The van der Waals surface area contributed by atoms with E-state index in [1.54, 1.807) is 24.3 Å². The summed E-state index contributed by atoms with van der Waals surface area (Å²) < 4.78 is 37.8. The Bertz CT molecular complexity index is 908. The van der Waals surface area contributed by atoms with Crippen LogP contribution in [0.4, 0.5) is 0 Å². The van der Waals surface area contributed by atoms with Crippen molar-refractivity contribution in [3.63, 3.8) is 0 Å². The SMILES string of the molecule is COc1ccc(S(=O)(=O)N2CCOc3cc(C(=O)CO)ccc3C2)cc1. The highest BCUT2D eigenvalue weighted by Crippen LogP contribution is 2.28. The summed E-state index contributed by atoms with van der Waals surface area (Å²) >= 11 is 0. The van der Waals surface area contributed by atoms with Crippen LogP contribution in [0.3, 0.4) is 0 Å². The van der Waals surface area contributed by atoms with Gasteiger partial charge < -0.3 is 14.6 Å². The van der Waals surface area contributed by atoms with Gasteiger partial charge in [-0.25, -0.2) is 8.42 Å². The lowest BCUT2D eigenvalue weighted by atomic mass is 10.1. The third kappa shape index (κ3) is 3.57. The zero-order valence-corrected chi connectivity index (χ0v) is 15.0. The van der Waals surface area contributed by atoms with Crippen LogP contribution in [-0.2, 0) is 16.6 Å². The van der Waals surface area contributed by atoms with Crippen molar-refractivity contribution in [3.05, 3.63) is 53.6 Å². The number of nitrogens with zero attached hydrogens (tertiary/aromatic N) is 1. The Kier molecular flexibility index (Phi) is 5.26. The Morgan fingerprint density at radius 1 is 1.23 bits per heavy atom. The number of methoxy groups -OCH3 is 1. The summed E-state index contributed by atoms with van der Waals surface area (Å²) in [7, 11) is -2.18. The molecule has 2 aromatic rings. The largest absolute Gasteiger partial charge is 0.497 e. The molecule has 1 N–H and O–H groups in total. The maximum atomic E-state index is 12.9. The van der Waals surface area contributed by atoms with Crippen LogP contribution in [0.15, 0.2) is 47.4 Å². The van der Waals surface area contributed by atoms with Crippen LogP contribution >= 0.6 is 0 Å². The fourth-order valence-corrected chi connectivity index (χ4v) is 4.11. The predicted octanol–water partition coefficient (Wildman–Crippen LogP) is 1.45. The molecule has 0 spiro atoms. The lowest BCUT2D eigenvalue weighted by molar-refractivity contribution is 0.0903. The molecule has 0 aromatic heterocycles. The molecule has 0 amide bonds. The van der Waals surface area contributed by atoms with Crippen LogP contribution in [0.1, 0.15) is 15.9 Å². The van der Waals surface area contributed by atoms with Gasteiger partial charge in [0, 0.05) is 24.2 Å². The Hall–Kier alpha value is -2.42. The van der Waals surface area contributed by atoms with Gasteiger partial charge in [-0.3, -0.25) is 4.79 Å². The monoisotopic (exact) mass is 377 g/mol. The molecule has 1 aliphatic heterocycles. The molecule has 2 aromatic carbocycles. The number of hydrogen-bond acceptors (Lipinski definition) is 6. The zero-order valence-electron chi connectivity index (χ0n) is 14.2. The normalized spacial score (nSPS) is 14.8. The van der Waals surface area contributed by atoms with Crippen molar-refractivity contribution >= 4 is 15.8 Å². The van der Waals surface area contributed by atoms with Crippen molar-refractivity contribution in [1.29, 1.82) is 0 Å². The minimum absolute atomic E-state index is 0.136. The first-order chi connectivity index (χ1) is 12.5. The molecule has 26 heavy (non-hydrogen) atoms. The van der Waals surface area contributed by atoms with E-state index >= 15 is 0 Å². The van der Waals surface area contributed by atoms with E-state index in [4.69, 9.17) is 14.6 Å². The van der Waals surface area contributed by atoms with E-state index in [0.717, 1.165) is 0 Å². The predicted molar refractivity (Wildman–Crippen MR) is 93.9 cm³/mol. The number of aliphatic hydroxyl groups excluding tert-OH is 1. The average molecular weight is 377 g/mol. The third-order valence-electron chi connectivity index (χ3n) is 4.17. The maximum Gasteiger partial charge on any atom is 0.243 e. The Balaban J connectivity index is 1.89. The van der Waals surface area contributed by atoms with Crippen LogP contribution in [0.2, 0.25) is 0 Å². The summed E-state index contributed by atoms with van der Waals surface area (Å²) in [6.07, 6.45) is 0. The summed E-state index contributed by atoms with van der Waals surface area (Å²) in [6.45, 7) is -0.0977. The van der Waals surface area contributed by atoms with E-state index in [-0.39, 0.29) is 24.6 Å². The molecule has 0 atom stereocenters. The smallest absolute Gasteiger partial charge is 0.243 e. The van der Waals surface area contributed by atoms with Crippen LogP contribution < -0.4 is 9.47 Å². The Labute approximate surface area is 151 Å². The first kappa shape index (κ1) is 18.4. The summed E-state index contributed by atoms with van der Waals surface area (Å²) in [5, 5.41) is 8.97. The van der Waals surface area contributed by atoms with E-state index in [2.05, 4.69) is 0 Å². The first-order valence-electron chi connectivity index (χ1n) is 7.99. The summed E-state index contributed by atoms with van der Waals surface area (Å²) in [5.74, 6) is 0.620. The average Bonchev–Trinajstić information content (AvgIpc) is 2.89. The fraction of sp³-hybridized carbons (Fsp3) is 0.278. The van der Waals surface area contributed by atoms with Crippen LogP contribution in [0.25, 0.3) is 0 Å². The van der Waals surface area contributed by atoms with Gasteiger partial charge in [-0.2, -0.15) is 4.31 Å². The highest BCUT2D eigenvalue weighted by atomic mass is 32.2. The van der Waals surface area contributed by atoms with Gasteiger partial charge in [0.25, 0.3) is 0 Å². The zero-order chi connectivity index (χ0) is 18.7. The number of carbonyl (C=O) groups excluding carboxylic acids is 1. The molecule has 1 heterocycles. The van der Waals surface area contributed by atoms with Crippen molar-refractivity contribution in [2.24, 2.45) is 0 Å². The number of fused-ring (bicyclic) bond motifs is 1. The van der Waals surface area contributed by atoms with Gasteiger partial charge in [0.1, 0.15) is 24.7 Å². The lowest BCUT2D eigenvalue weighted by Crippen LogP contribution is -2.32. The Morgan fingerprint density at radius 3 is 2.62 bits per heavy atom. The van der Waals surface area contributed by atoms with Crippen LogP contribution in [0, 0.1) is 0 Å². The first-order valence-corrected chi connectivity index (χ1v) is 9.43. The van der Waals surface area contributed by atoms with E-state index < -0.39 is 22.4 Å². The number of ketones is 1. The number of ether oxygens (including phenoxy) is 2. The maximum absolute atomic E-state index is 12.9. The van der Waals surface area contributed by atoms with Gasteiger partial charge >= 0.3 is 0 Å². The molecule has 0 fully saturated rings. The minimum Gasteiger partial charge on any atom is -0.497 e. The van der Waals surface area contributed by atoms with E-state index in [9.17, 15) is 13.2 Å². The molecule has 0 aliphatic carbocycles. The number of benzene rings is 2. The van der Waals surface area contributed by atoms with E-state index in [0.29, 0.717) is 22.6 Å². The number of aliphatic hydroxyl groups is 1. The van der Waals surface area contributed by atoms with Gasteiger partial charge in [0.2, 0.25) is 10.0 Å². The Morgan fingerprint density at radius 2 is 1.96 bits per heavy atom. The molecule has 138 valence electrons. The molecular weight excluding hydrogens is 358 g/mol. The number of Topliss-reactive ketones (excluding diaryl/α,β-unsaturated/α-hetero) is 1. The van der Waals surface area contributed by atoms with E-state index in [1.807, 2.05) is 0 Å². The second-order valence-corrected chi connectivity index (χ2v) is 7.70. The molecule has 0 unspecified atom stereocenters. The van der Waals surface area contributed by atoms with Gasteiger partial charge in [-0.1, -0.05) is 12.1 Å². The highest BCUT2D eigenvalue weighted by molar-refractivity contribution is 7.89. The molecule has 0 bridgehead atoms. The standard InChI is InChI=1S/C18H19NO6S/c1-24-15-4-6-16(7-5-15)26(22,23)19-8-9-25-18-10-13(17(21)12-20)2-3-14(18)11-19/h2-7,10,20H,8-9,11-12H2,1H3. The molecule has 3 rings (SSSR count). The quantitative estimate of drug-likeness (QED) is 0.793.